The largest absolute Gasteiger partial charge is 0.243 e. The van der Waals surface area contributed by atoms with Gasteiger partial charge in [0.2, 0.25) is 10.0 Å². The van der Waals surface area contributed by atoms with Crippen molar-refractivity contribution in [1.82, 2.24) is 4.31 Å². The van der Waals surface area contributed by atoms with Gasteiger partial charge in [-0.1, -0.05) is 6.42 Å². The first-order valence-electron chi connectivity index (χ1n) is 6.18. The Labute approximate surface area is 119 Å². The molecule has 0 aromatic heterocycles. The van der Waals surface area contributed by atoms with E-state index in [0.29, 0.717) is 18.0 Å². The van der Waals surface area contributed by atoms with Crippen molar-refractivity contribution in [3.05, 3.63) is 29.6 Å². The number of benzene rings is 1. The zero-order chi connectivity index (χ0) is 14.5. The van der Waals surface area contributed by atoms with Crippen LogP contribution >= 0.6 is 11.6 Å². The van der Waals surface area contributed by atoms with E-state index in [1.807, 2.05) is 0 Å². The Hall–Kier alpha value is -0.650. The highest BCUT2D eigenvalue weighted by molar-refractivity contribution is 7.89. The summed E-state index contributed by atoms with van der Waals surface area (Å²) in [6, 6.07) is 3.71. The monoisotopic (exact) mass is 307 g/mol. The van der Waals surface area contributed by atoms with Crippen LogP contribution in [-0.2, 0) is 10.0 Å². The lowest BCUT2D eigenvalue weighted by Crippen LogP contribution is -2.28. The molecular weight excluding hydrogens is 289 g/mol. The van der Waals surface area contributed by atoms with Crippen LogP contribution in [0.5, 0.6) is 0 Å². The molecule has 0 N–H and O–H groups in total. The minimum Gasteiger partial charge on any atom is -0.207 e. The van der Waals surface area contributed by atoms with Crippen molar-refractivity contribution in [2.75, 3.05) is 19.5 Å². The fourth-order valence-corrected chi connectivity index (χ4v) is 3.40. The lowest BCUT2D eigenvalue weighted by Gasteiger charge is -2.18. The quantitative estimate of drug-likeness (QED) is 0.573. The van der Waals surface area contributed by atoms with Gasteiger partial charge in [-0.25, -0.2) is 17.1 Å². The van der Waals surface area contributed by atoms with Gasteiger partial charge >= 0.3 is 0 Å². The maximum Gasteiger partial charge on any atom is 0.243 e. The van der Waals surface area contributed by atoms with Gasteiger partial charge in [-0.2, -0.15) is 0 Å². The molecule has 0 aliphatic rings. The van der Waals surface area contributed by atoms with Crippen molar-refractivity contribution in [2.45, 2.75) is 31.1 Å². The van der Waals surface area contributed by atoms with E-state index in [-0.39, 0.29) is 4.90 Å². The van der Waals surface area contributed by atoms with Gasteiger partial charge in [-0.15, -0.1) is 11.6 Å². The second-order valence-electron chi connectivity index (χ2n) is 4.49. The first-order valence-corrected chi connectivity index (χ1v) is 8.15. The number of rotatable bonds is 7. The maximum absolute atomic E-state index is 13.0. The van der Waals surface area contributed by atoms with Crippen molar-refractivity contribution < 1.29 is 12.8 Å². The highest BCUT2D eigenvalue weighted by Gasteiger charge is 2.22. The van der Waals surface area contributed by atoms with Gasteiger partial charge < -0.3 is 0 Å². The molecule has 0 aliphatic heterocycles. The van der Waals surface area contributed by atoms with Gasteiger partial charge in [0.1, 0.15) is 5.82 Å². The molecule has 0 bridgehead atoms. The van der Waals surface area contributed by atoms with Crippen LogP contribution in [0.3, 0.4) is 0 Å². The van der Waals surface area contributed by atoms with Crippen LogP contribution in [0.15, 0.2) is 23.1 Å². The molecule has 1 aromatic carbocycles. The molecule has 1 aromatic rings. The van der Waals surface area contributed by atoms with Crippen molar-refractivity contribution >= 4 is 21.6 Å². The van der Waals surface area contributed by atoms with Crippen LogP contribution in [0.2, 0.25) is 0 Å². The molecule has 1 rings (SSSR count). The molecule has 0 unspecified atom stereocenters. The van der Waals surface area contributed by atoms with Crippen molar-refractivity contribution in [1.29, 1.82) is 0 Å². The van der Waals surface area contributed by atoms with Crippen molar-refractivity contribution in [2.24, 2.45) is 0 Å². The number of nitrogens with zero attached hydrogens (tertiary/aromatic N) is 1. The number of alkyl halides is 1. The summed E-state index contributed by atoms with van der Waals surface area (Å²) in [4.78, 5) is 0.161. The Bertz CT molecular complexity index is 519. The second kappa shape index (κ2) is 7.22. The summed E-state index contributed by atoms with van der Waals surface area (Å²) in [7, 11) is -2.00. The molecule has 0 atom stereocenters. The van der Waals surface area contributed by atoms with E-state index in [1.165, 1.54) is 22.5 Å². The molecule has 108 valence electrons. The summed E-state index contributed by atoms with van der Waals surface area (Å²) in [5, 5.41) is 0. The topological polar surface area (TPSA) is 37.4 Å². The minimum atomic E-state index is -3.54. The molecule has 0 fully saturated rings. The van der Waals surface area contributed by atoms with Crippen LogP contribution < -0.4 is 0 Å². The first-order chi connectivity index (χ1) is 8.89. The number of sulfonamides is 1. The number of hydrogen-bond donors (Lipinski definition) is 0. The zero-order valence-electron chi connectivity index (χ0n) is 11.2. The number of halogens is 2. The average Bonchev–Trinajstić information content (AvgIpc) is 2.33. The maximum atomic E-state index is 13.0. The predicted molar refractivity (Wildman–Crippen MR) is 75.5 cm³/mol. The highest BCUT2D eigenvalue weighted by atomic mass is 35.5. The van der Waals surface area contributed by atoms with E-state index < -0.39 is 15.8 Å². The van der Waals surface area contributed by atoms with E-state index >= 15 is 0 Å². The molecule has 6 heteroatoms. The van der Waals surface area contributed by atoms with E-state index in [0.717, 1.165) is 19.3 Å². The molecule has 0 amide bonds. The predicted octanol–water partition coefficient (Wildman–Crippen LogP) is 3.16. The summed E-state index contributed by atoms with van der Waals surface area (Å²) in [5.41, 5.74) is 0.424. The van der Waals surface area contributed by atoms with E-state index in [1.54, 1.807) is 14.0 Å². The summed E-state index contributed by atoms with van der Waals surface area (Å²) in [6.07, 6.45) is 2.54. The SMILES string of the molecule is Cc1cc(F)ccc1S(=O)(=O)N(C)CCCCCCl. The number of hydrogen-bond acceptors (Lipinski definition) is 2. The summed E-state index contributed by atoms with van der Waals surface area (Å²) in [5.74, 6) is 0.161. The lowest BCUT2D eigenvalue weighted by molar-refractivity contribution is 0.454. The summed E-state index contributed by atoms with van der Waals surface area (Å²) >= 11 is 5.57. The Morgan fingerprint density at radius 1 is 1.26 bits per heavy atom. The zero-order valence-corrected chi connectivity index (χ0v) is 12.8. The smallest absolute Gasteiger partial charge is 0.207 e. The standard InChI is InChI=1S/C13H19ClFNO2S/c1-11-10-12(15)6-7-13(11)19(17,18)16(2)9-5-3-4-8-14/h6-7,10H,3-5,8-9H2,1-2H3. The Kier molecular flexibility index (Phi) is 6.23. The molecule has 0 spiro atoms. The number of aryl methyl sites for hydroxylation is 1. The van der Waals surface area contributed by atoms with E-state index in [2.05, 4.69) is 0 Å². The summed E-state index contributed by atoms with van der Waals surface area (Å²) < 4.78 is 38.9. The van der Waals surface area contributed by atoms with Gasteiger partial charge in [0.15, 0.2) is 0 Å². The Morgan fingerprint density at radius 2 is 1.95 bits per heavy atom. The molecule has 0 saturated carbocycles. The minimum absolute atomic E-state index is 0.161. The molecule has 0 saturated heterocycles. The highest BCUT2D eigenvalue weighted by Crippen LogP contribution is 2.20. The van der Waals surface area contributed by atoms with Crippen LogP contribution in [0.1, 0.15) is 24.8 Å². The molecule has 0 aliphatic carbocycles. The van der Waals surface area contributed by atoms with Crippen molar-refractivity contribution in [3.63, 3.8) is 0 Å². The van der Waals surface area contributed by atoms with Crippen LogP contribution in [0.4, 0.5) is 4.39 Å². The Balaban J connectivity index is 2.79. The first kappa shape index (κ1) is 16.4. The fourth-order valence-electron chi connectivity index (χ4n) is 1.80. The third kappa shape index (κ3) is 4.44. The Morgan fingerprint density at radius 3 is 2.53 bits per heavy atom. The lowest BCUT2D eigenvalue weighted by atomic mass is 10.2. The molecule has 0 radical (unpaired) electrons. The van der Waals surface area contributed by atoms with Gasteiger partial charge in [0.05, 0.1) is 4.90 Å². The van der Waals surface area contributed by atoms with Gasteiger partial charge in [-0.05, 0) is 43.5 Å². The summed E-state index contributed by atoms with van der Waals surface area (Å²) in [6.45, 7) is 2.04. The van der Waals surface area contributed by atoms with Gasteiger partial charge in [0.25, 0.3) is 0 Å². The van der Waals surface area contributed by atoms with Gasteiger partial charge in [0, 0.05) is 19.5 Å². The molecule has 0 heterocycles. The average molecular weight is 308 g/mol. The van der Waals surface area contributed by atoms with Crippen LogP contribution in [-0.4, -0.2) is 32.2 Å². The molecule has 3 nitrogen and oxygen atoms in total. The second-order valence-corrected chi connectivity index (χ2v) is 6.88. The fraction of sp³-hybridized carbons (Fsp3) is 0.538. The normalized spacial score (nSPS) is 12.1. The van der Waals surface area contributed by atoms with E-state index in [9.17, 15) is 12.8 Å². The van der Waals surface area contributed by atoms with Crippen molar-refractivity contribution in [3.8, 4) is 0 Å². The number of unbranched alkanes of at least 4 members (excludes halogenated alkanes) is 2. The van der Waals surface area contributed by atoms with Gasteiger partial charge in [-0.3, -0.25) is 0 Å². The molecular formula is C13H19ClFNO2S. The van der Waals surface area contributed by atoms with Crippen LogP contribution in [0.25, 0.3) is 0 Å². The van der Waals surface area contributed by atoms with Crippen LogP contribution in [0, 0.1) is 12.7 Å². The molecule has 19 heavy (non-hydrogen) atoms. The third-order valence-corrected chi connectivity index (χ3v) is 5.22. The van der Waals surface area contributed by atoms with E-state index in [4.69, 9.17) is 11.6 Å². The third-order valence-electron chi connectivity index (χ3n) is 2.93.